The standard InChI is InChI=1S/C7H7N3O.Na/c1-11-7-9-5-2-3-8-4-6(5)10-7;/h2-4H,1H3,(H,9,10);. The van der Waals surface area contributed by atoms with E-state index in [4.69, 9.17) is 4.74 Å². The van der Waals surface area contributed by atoms with Crippen molar-refractivity contribution in [3.63, 3.8) is 0 Å². The molecule has 2 aromatic heterocycles. The molecular weight excluding hydrogens is 165 g/mol. The number of rotatable bonds is 1. The Labute approximate surface area is 91.7 Å². The zero-order valence-corrected chi connectivity index (χ0v) is 9.03. The van der Waals surface area contributed by atoms with Gasteiger partial charge in [-0.1, -0.05) is 0 Å². The van der Waals surface area contributed by atoms with Gasteiger partial charge >= 0.3 is 0 Å². The molecule has 1 N–H and O–H groups in total. The van der Waals surface area contributed by atoms with E-state index in [1.165, 1.54) is 0 Å². The van der Waals surface area contributed by atoms with Crippen LogP contribution in [0.15, 0.2) is 18.5 Å². The number of pyridine rings is 1. The average molecular weight is 172 g/mol. The first kappa shape index (κ1) is 9.51. The molecule has 0 unspecified atom stereocenters. The van der Waals surface area contributed by atoms with Gasteiger partial charge in [0.2, 0.25) is 0 Å². The van der Waals surface area contributed by atoms with Gasteiger partial charge in [-0.3, -0.25) is 4.98 Å². The third kappa shape index (κ3) is 1.60. The van der Waals surface area contributed by atoms with E-state index in [1.807, 2.05) is 6.07 Å². The van der Waals surface area contributed by atoms with Gasteiger partial charge < -0.3 is 9.72 Å². The minimum Gasteiger partial charge on any atom is -0.468 e. The van der Waals surface area contributed by atoms with Crippen LogP contribution >= 0.6 is 0 Å². The molecule has 1 radical (unpaired) electrons. The Hall–Kier alpha value is -0.580. The molecule has 0 bridgehead atoms. The summed E-state index contributed by atoms with van der Waals surface area (Å²) in [4.78, 5) is 11.0. The van der Waals surface area contributed by atoms with E-state index in [0.29, 0.717) is 6.01 Å². The van der Waals surface area contributed by atoms with Crippen molar-refractivity contribution in [2.24, 2.45) is 0 Å². The third-order valence-electron chi connectivity index (χ3n) is 1.46. The predicted octanol–water partition coefficient (Wildman–Crippen LogP) is 0.586. The molecule has 0 aliphatic rings. The van der Waals surface area contributed by atoms with Crippen molar-refractivity contribution in [3.05, 3.63) is 18.5 Å². The molecule has 2 rings (SSSR count). The van der Waals surface area contributed by atoms with Crippen molar-refractivity contribution >= 4 is 40.6 Å². The molecule has 0 saturated carbocycles. The fourth-order valence-electron chi connectivity index (χ4n) is 0.930. The Bertz CT molecular complexity index is 340. The second-order valence-corrected chi connectivity index (χ2v) is 2.14. The number of imidazole rings is 1. The molecule has 0 atom stereocenters. The van der Waals surface area contributed by atoms with Crippen LogP contribution in [0.25, 0.3) is 11.0 Å². The molecule has 0 aliphatic carbocycles. The number of hydrogen-bond donors (Lipinski definition) is 1. The van der Waals surface area contributed by atoms with Crippen molar-refractivity contribution in [1.29, 1.82) is 0 Å². The van der Waals surface area contributed by atoms with Crippen molar-refractivity contribution in [1.82, 2.24) is 15.0 Å². The molecule has 2 heterocycles. The normalized spacial score (nSPS) is 9.42. The summed E-state index contributed by atoms with van der Waals surface area (Å²) in [5.41, 5.74) is 1.77. The number of H-pyrrole nitrogens is 1. The van der Waals surface area contributed by atoms with Gasteiger partial charge in [-0.15, -0.1) is 0 Å². The summed E-state index contributed by atoms with van der Waals surface area (Å²) in [5, 5.41) is 0. The van der Waals surface area contributed by atoms with Crippen molar-refractivity contribution in [2.75, 3.05) is 7.11 Å². The van der Waals surface area contributed by atoms with Gasteiger partial charge in [-0.05, 0) is 6.07 Å². The second-order valence-electron chi connectivity index (χ2n) is 2.14. The SMILES string of the molecule is COc1nc2ccncc2[nH]1.[Na]. The molecule has 0 aliphatic heterocycles. The van der Waals surface area contributed by atoms with Gasteiger partial charge in [0, 0.05) is 35.8 Å². The number of methoxy groups -OCH3 is 1. The summed E-state index contributed by atoms with van der Waals surface area (Å²) < 4.78 is 4.90. The smallest absolute Gasteiger partial charge is 0.294 e. The monoisotopic (exact) mass is 172 g/mol. The molecule has 2 aromatic rings. The van der Waals surface area contributed by atoms with Gasteiger partial charge in [0.1, 0.15) is 0 Å². The Morgan fingerprint density at radius 1 is 1.50 bits per heavy atom. The van der Waals surface area contributed by atoms with E-state index < -0.39 is 0 Å². The zero-order chi connectivity index (χ0) is 7.68. The first-order valence-electron chi connectivity index (χ1n) is 3.24. The first-order chi connectivity index (χ1) is 5.40. The molecule has 57 valence electrons. The molecular formula is C7H7N3NaO. The fraction of sp³-hybridized carbons (Fsp3) is 0.143. The number of nitrogens with one attached hydrogen (secondary N) is 1. The van der Waals surface area contributed by atoms with Crippen LogP contribution in [0.5, 0.6) is 6.01 Å². The maximum absolute atomic E-state index is 4.90. The molecule has 0 amide bonds. The van der Waals surface area contributed by atoms with E-state index in [2.05, 4.69) is 15.0 Å². The average Bonchev–Trinajstić information content (AvgIpc) is 2.46. The van der Waals surface area contributed by atoms with E-state index in [-0.39, 0.29) is 29.6 Å². The van der Waals surface area contributed by atoms with Gasteiger partial charge in [0.25, 0.3) is 6.01 Å². The van der Waals surface area contributed by atoms with Crippen LogP contribution in [0.4, 0.5) is 0 Å². The number of aromatic nitrogens is 3. The van der Waals surface area contributed by atoms with Crippen LogP contribution in [0.1, 0.15) is 0 Å². The molecule has 0 aromatic carbocycles. The van der Waals surface area contributed by atoms with Gasteiger partial charge in [-0.2, -0.15) is 4.98 Å². The minimum atomic E-state index is 0. The van der Waals surface area contributed by atoms with E-state index in [9.17, 15) is 0 Å². The minimum absolute atomic E-state index is 0. The second kappa shape index (κ2) is 3.89. The number of fused-ring (bicyclic) bond motifs is 1. The molecule has 0 spiro atoms. The summed E-state index contributed by atoms with van der Waals surface area (Å²) in [5.74, 6) is 0. The molecule has 4 nitrogen and oxygen atoms in total. The van der Waals surface area contributed by atoms with Crippen molar-refractivity contribution < 1.29 is 4.74 Å². The molecule has 0 saturated heterocycles. The van der Waals surface area contributed by atoms with Gasteiger partial charge in [0.05, 0.1) is 24.3 Å². The van der Waals surface area contributed by atoms with Crippen LogP contribution in [-0.4, -0.2) is 51.6 Å². The summed E-state index contributed by atoms with van der Waals surface area (Å²) >= 11 is 0. The summed E-state index contributed by atoms with van der Waals surface area (Å²) in [7, 11) is 1.57. The Kier molecular flexibility index (Phi) is 3.08. The quantitative estimate of drug-likeness (QED) is 0.640. The van der Waals surface area contributed by atoms with Crippen LogP contribution < -0.4 is 4.74 Å². The fourth-order valence-corrected chi connectivity index (χ4v) is 0.930. The summed E-state index contributed by atoms with van der Waals surface area (Å²) in [6, 6.07) is 2.35. The third-order valence-corrected chi connectivity index (χ3v) is 1.46. The summed E-state index contributed by atoms with van der Waals surface area (Å²) in [6.07, 6.45) is 3.41. The van der Waals surface area contributed by atoms with E-state index in [1.54, 1.807) is 19.5 Å². The summed E-state index contributed by atoms with van der Waals surface area (Å²) in [6.45, 7) is 0. The zero-order valence-electron chi connectivity index (χ0n) is 7.03. The molecule has 5 heteroatoms. The number of hydrogen-bond acceptors (Lipinski definition) is 3. The molecule has 12 heavy (non-hydrogen) atoms. The first-order valence-corrected chi connectivity index (χ1v) is 3.24. The van der Waals surface area contributed by atoms with E-state index in [0.717, 1.165) is 11.0 Å². The van der Waals surface area contributed by atoms with Gasteiger partial charge in [0.15, 0.2) is 0 Å². The van der Waals surface area contributed by atoms with Crippen LogP contribution in [0, 0.1) is 0 Å². The molecule has 0 fully saturated rings. The Morgan fingerprint density at radius 2 is 2.33 bits per heavy atom. The number of ether oxygens (including phenoxy) is 1. The van der Waals surface area contributed by atoms with Crippen molar-refractivity contribution in [3.8, 4) is 6.01 Å². The van der Waals surface area contributed by atoms with Crippen LogP contribution in [-0.2, 0) is 0 Å². The number of nitrogens with zero attached hydrogens (tertiary/aromatic N) is 2. The van der Waals surface area contributed by atoms with Crippen LogP contribution in [0.2, 0.25) is 0 Å². The maximum Gasteiger partial charge on any atom is 0.294 e. The van der Waals surface area contributed by atoms with Gasteiger partial charge in [-0.25, -0.2) is 0 Å². The van der Waals surface area contributed by atoms with Crippen molar-refractivity contribution in [2.45, 2.75) is 0 Å². The topological polar surface area (TPSA) is 50.8 Å². The number of aromatic amines is 1. The largest absolute Gasteiger partial charge is 0.468 e. The predicted molar refractivity (Wildman–Crippen MR) is 46.2 cm³/mol. The van der Waals surface area contributed by atoms with Crippen LogP contribution in [0.3, 0.4) is 0 Å². The maximum atomic E-state index is 4.90. The Balaban J connectivity index is 0.000000720. The Morgan fingerprint density at radius 3 is 3.00 bits per heavy atom. The van der Waals surface area contributed by atoms with E-state index >= 15 is 0 Å².